The van der Waals surface area contributed by atoms with Crippen LogP contribution in [0.4, 0.5) is 0 Å². The van der Waals surface area contributed by atoms with E-state index in [1.54, 1.807) is 0 Å². The fourth-order valence-electron chi connectivity index (χ4n) is 2.93. The van der Waals surface area contributed by atoms with E-state index in [9.17, 15) is 0 Å². The van der Waals surface area contributed by atoms with Gasteiger partial charge in [0.25, 0.3) is 0 Å². The molecular weight excluding hydrogens is 184 g/mol. The lowest BCUT2D eigenvalue weighted by Gasteiger charge is -2.35. The Labute approximate surface area is 94.6 Å². The van der Waals surface area contributed by atoms with Crippen LogP contribution in [0.25, 0.3) is 0 Å². The van der Waals surface area contributed by atoms with Gasteiger partial charge in [-0.15, -0.1) is 0 Å². The molecule has 2 heterocycles. The molecule has 0 spiro atoms. The lowest BCUT2D eigenvalue weighted by atomic mass is 10.1. The first kappa shape index (κ1) is 11.4. The van der Waals surface area contributed by atoms with Crippen molar-refractivity contribution < 1.29 is 0 Å². The van der Waals surface area contributed by atoms with Crippen molar-refractivity contribution in [3.63, 3.8) is 0 Å². The second kappa shape index (κ2) is 4.42. The van der Waals surface area contributed by atoms with Gasteiger partial charge in [-0.2, -0.15) is 0 Å². The SMILES string of the molecule is CC(C)(C)N1CCC(N2CCCCC2)C1. The number of piperidine rings is 1. The molecule has 2 fully saturated rings. The minimum atomic E-state index is 0.366. The minimum absolute atomic E-state index is 0.366. The topological polar surface area (TPSA) is 6.48 Å². The Balaban J connectivity index is 1.86. The zero-order valence-electron chi connectivity index (χ0n) is 10.6. The van der Waals surface area contributed by atoms with E-state index in [2.05, 4.69) is 30.6 Å². The highest BCUT2D eigenvalue weighted by Gasteiger charge is 2.33. The van der Waals surface area contributed by atoms with E-state index in [0.29, 0.717) is 5.54 Å². The van der Waals surface area contributed by atoms with Crippen LogP contribution >= 0.6 is 0 Å². The lowest BCUT2D eigenvalue weighted by molar-refractivity contribution is 0.130. The number of hydrogen-bond acceptors (Lipinski definition) is 2. The Morgan fingerprint density at radius 1 is 0.933 bits per heavy atom. The molecule has 0 radical (unpaired) electrons. The quantitative estimate of drug-likeness (QED) is 0.655. The molecule has 0 amide bonds. The second-order valence-electron chi connectivity index (χ2n) is 6.16. The van der Waals surface area contributed by atoms with Crippen molar-refractivity contribution in [1.82, 2.24) is 9.80 Å². The maximum atomic E-state index is 2.73. The van der Waals surface area contributed by atoms with E-state index < -0.39 is 0 Å². The van der Waals surface area contributed by atoms with Crippen LogP contribution < -0.4 is 0 Å². The van der Waals surface area contributed by atoms with Crippen molar-refractivity contribution in [1.29, 1.82) is 0 Å². The third-order valence-electron chi connectivity index (χ3n) is 4.02. The first-order chi connectivity index (χ1) is 7.07. The molecule has 1 unspecified atom stereocenters. The number of likely N-dealkylation sites (tertiary alicyclic amines) is 2. The fourth-order valence-corrected chi connectivity index (χ4v) is 2.93. The van der Waals surface area contributed by atoms with Crippen molar-refractivity contribution in [2.75, 3.05) is 26.2 Å². The molecule has 0 bridgehead atoms. The van der Waals surface area contributed by atoms with E-state index in [4.69, 9.17) is 0 Å². The first-order valence-corrected chi connectivity index (χ1v) is 6.56. The highest BCUT2D eigenvalue weighted by Crippen LogP contribution is 2.25. The van der Waals surface area contributed by atoms with Gasteiger partial charge in [-0.25, -0.2) is 0 Å². The predicted octanol–water partition coefficient (Wildman–Crippen LogP) is 2.35. The number of rotatable bonds is 1. The maximum absolute atomic E-state index is 2.73. The Morgan fingerprint density at radius 2 is 1.60 bits per heavy atom. The Kier molecular flexibility index (Phi) is 3.36. The average molecular weight is 210 g/mol. The van der Waals surface area contributed by atoms with Gasteiger partial charge in [-0.05, 0) is 53.1 Å². The highest BCUT2D eigenvalue weighted by molar-refractivity contribution is 4.90. The van der Waals surface area contributed by atoms with Gasteiger partial charge in [0.15, 0.2) is 0 Å². The molecule has 2 saturated heterocycles. The monoisotopic (exact) mass is 210 g/mol. The molecule has 0 N–H and O–H groups in total. The van der Waals surface area contributed by atoms with Gasteiger partial charge in [-0.1, -0.05) is 6.42 Å². The Morgan fingerprint density at radius 3 is 2.13 bits per heavy atom. The largest absolute Gasteiger partial charge is 0.299 e. The highest BCUT2D eigenvalue weighted by atomic mass is 15.3. The van der Waals surface area contributed by atoms with E-state index in [-0.39, 0.29) is 0 Å². The van der Waals surface area contributed by atoms with Crippen molar-refractivity contribution in [3.8, 4) is 0 Å². The van der Waals surface area contributed by atoms with Gasteiger partial charge >= 0.3 is 0 Å². The van der Waals surface area contributed by atoms with Crippen LogP contribution in [0.1, 0.15) is 46.5 Å². The minimum Gasteiger partial charge on any atom is -0.299 e. The van der Waals surface area contributed by atoms with Gasteiger partial charge in [0, 0.05) is 24.7 Å². The summed E-state index contributed by atoms with van der Waals surface area (Å²) in [5, 5.41) is 0. The number of nitrogens with zero attached hydrogens (tertiary/aromatic N) is 2. The van der Waals surface area contributed by atoms with Crippen LogP contribution in [-0.2, 0) is 0 Å². The molecule has 1 atom stereocenters. The molecule has 2 rings (SSSR count). The molecule has 15 heavy (non-hydrogen) atoms. The van der Waals surface area contributed by atoms with Gasteiger partial charge < -0.3 is 0 Å². The zero-order chi connectivity index (χ0) is 10.9. The summed E-state index contributed by atoms with van der Waals surface area (Å²) < 4.78 is 0. The van der Waals surface area contributed by atoms with Crippen LogP contribution in [0, 0.1) is 0 Å². The maximum Gasteiger partial charge on any atom is 0.0235 e. The van der Waals surface area contributed by atoms with Crippen LogP contribution in [0.2, 0.25) is 0 Å². The third-order valence-corrected chi connectivity index (χ3v) is 4.02. The summed E-state index contributed by atoms with van der Waals surface area (Å²) in [5.41, 5.74) is 0.366. The molecule has 0 saturated carbocycles. The summed E-state index contributed by atoms with van der Waals surface area (Å²) in [6.45, 7) is 12.3. The van der Waals surface area contributed by atoms with E-state index in [0.717, 1.165) is 6.04 Å². The Hall–Kier alpha value is -0.0800. The molecule has 2 aliphatic rings. The first-order valence-electron chi connectivity index (χ1n) is 6.56. The zero-order valence-corrected chi connectivity index (χ0v) is 10.6. The summed E-state index contributed by atoms with van der Waals surface area (Å²) in [6.07, 6.45) is 5.68. The van der Waals surface area contributed by atoms with Crippen LogP contribution in [0.5, 0.6) is 0 Å². The molecule has 2 nitrogen and oxygen atoms in total. The molecule has 88 valence electrons. The van der Waals surface area contributed by atoms with Crippen LogP contribution in [0.15, 0.2) is 0 Å². The summed E-state index contributed by atoms with van der Waals surface area (Å²) in [4.78, 5) is 5.38. The van der Waals surface area contributed by atoms with Crippen molar-refractivity contribution in [3.05, 3.63) is 0 Å². The third kappa shape index (κ3) is 2.73. The van der Waals surface area contributed by atoms with Gasteiger partial charge in [0.05, 0.1) is 0 Å². The predicted molar refractivity (Wildman–Crippen MR) is 65.2 cm³/mol. The standard InChI is InChI=1S/C13H26N2/c1-13(2,3)15-10-7-12(11-15)14-8-5-4-6-9-14/h12H,4-11H2,1-3H3. The molecule has 2 heteroatoms. The van der Waals surface area contributed by atoms with Crippen LogP contribution in [-0.4, -0.2) is 47.6 Å². The van der Waals surface area contributed by atoms with E-state index >= 15 is 0 Å². The van der Waals surface area contributed by atoms with Crippen molar-refractivity contribution in [2.24, 2.45) is 0 Å². The van der Waals surface area contributed by atoms with Gasteiger partial charge in [-0.3, -0.25) is 9.80 Å². The van der Waals surface area contributed by atoms with Crippen LogP contribution in [0.3, 0.4) is 0 Å². The summed E-state index contributed by atoms with van der Waals surface area (Å²) in [5.74, 6) is 0. The fraction of sp³-hybridized carbons (Fsp3) is 1.00. The molecule has 0 aromatic carbocycles. The number of hydrogen-bond donors (Lipinski definition) is 0. The van der Waals surface area contributed by atoms with Crippen molar-refractivity contribution in [2.45, 2.75) is 58.0 Å². The van der Waals surface area contributed by atoms with E-state index in [1.165, 1.54) is 51.9 Å². The lowest BCUT2D eigenvalue weighted by Crippen LogP contribution is -2.44. The molecule has 2 aliphatic heterocycles. The second-order valence-corrected chi connectivity index (χ2v) is 6.16. The molecule has 0 aromatic heterocycles. The summed E-state index contributed by atoms with van der Waals surface area (Å²) in [6, 6.07) is 0.851. The smallest absolute Gasteiger partial charge is 0.0235 e. The molecular formula is C13H26N2. The van der Waals surface area contributed by atoms with E-state index in [1.807, 2.05) is 0 Å². The average Bonchev–Trinajstić information content (AvgIpc) is 2.67. The van der Waals surface area contributed by atoms with Gasteiger partial charge in [0.1, 0.15) is 0 Å². The van der Waals surface area contributed by atoms with Gasteiger partial charge in [0.2, 0.25) is 0 Å². The van der Waals surface area contributed by atoms with Crippen molar-refractivity contribution >= 4 is 0 Å². The Bertz CT molecular complexity index is 201. The molecule has 0 aromatic rings. The summed E-state index contributed by atoms with van der Waals surface area (Å²) >= 11 is 0. The normalized spacial score (nSPS) is 31.0. The molecule has 0 aliphatic carbocycles. The summed E-state index contributed by atoms with van der Waals surface area (Å²) in [7, 11) is 0.